The summed E-state index contributed by atoms with van der Waals surface area (Å²) in [6, 6.07) is 16.6. The molecular formula is C22H31ClN2O3. The second kappa shape index (κ2) is 12.4. The van der Waals surface area contributed by atoms with Crippen molar-refractivity contribution in [3.63, 3.8) is 0 Å². The standard InChI is InChI=1S/C22H30N2O3.ClH/c1-16-6-5-7-19(12-16)21(26-4)14-24-17(2)13-18-8-10-20(11-9-18)27-15-22(25)23-3;/h5-12,17,21,24H,13-15H2,1-4H3,(H,23,25);1H. The number of hydrogen-bond donors (Lipinski definition) is 2. The molecule has 6 heteroatoms. The lowest BCUT2D eigenvalue weighted by atomic mass is 10.0. The van der Waals surface area contributed by atoms with Gasteiger partial charge in [-0.15, -0.1) is 12.4 Å². The van der Waals surface area contributed by atoms with Crippen LogP contribution in [0.3, 0.4) is 0 Å². The van der Waals surface area contributed by atoms with Crippen LogP contribution in [-0.4, -0.2) is 39.3 Å². The summed E-state index contributed by atoms with van der Waals surface area (Å²) in [4.78, 5) is 11.2. The fraction of sp³-hybridized carbons (Fsp3) is 0.409. The molecule has 154 valence electrons. The van der Waals surface area contributed by atoms with Crippen molar-refractivity contribution in [3.05, 3.63) is 65.2 Å². The molecule has 28 heavy (non-hydrogen) atoms. The minimum atomic E-state index is -0.141. The van der Waals surface area contributed by atoms with Crippen molar-refractivity contribution >= 4 is 18.3 Å². The Hall–Kier alpha value is -2.08. The van der Waals surface area contributed by atoms with E-state index in [9.17, 15) is 4.79 Å². The van der Waals surface area contributed by atoms with Gasteiger partial charge in [-0.2, -0.15) is 0 Å². The zero-order chi connectivity index (χ0) is 19.6. The molecule has 2 unspecified atom stereocenters. The molecule has 0 spiro atoms. The van der Waals surface area contributed by atoms with Gasteiger partial charge < -0.3 is 20.1 Å². The Kier molecular flexibility index (Phi) is 10.6. The Labute approximate surface area is 174 Å². The Balaban J connectivity index is 0.00000392. The second-order valence-electron chi connectivity index (χ2n) is 6.76. The predicted molar refractivity (Wildman–Crippen MR) is 115 cm³/mol. The van der Waals surface area contributed by atoms with Crippen LogP contribution in [0.5, 0.6) is 5.75 Å². The molecule has 0 aliphatic carbocycles. The van der Waals surface area contributed by atoms with E-state index in [1.165, 1.54) is 16.7 Å². The van der Waals surface area contributed by atoms with Crippen LogP contribution in [-0.2, 0) is 16.0 Å². The van der Waals surface area contributed by atoms with E-state index in [-0.39, 0.29) is 31.0 Å². The lowest BCUT2D eigenvalue weighted by Gasteiger charge is -2.20. The molecule has 5 nitrogen and oxygen atoms in total. The maximum absolute atomic E-state index is 11.2. The number of hydrogen-bond acceptors (Lipinski definition) is 4. The van der Waals surface area contributed by atoms with E-state index >= 15 is 0 Å². The molecule has 0 saturated carbocycles. The maximum atomic E-state index is 11.2. The summed E-state index contributed by atoms with van der Waals surface area (Å²) in [5.41, 5.74) is 3.64. The SMILES string of the molecule is CNC(=O)COc1ccc(CC(C)NCC(OC)c2cccc(C)c2)cc1.Cl. The zero-order valence-electron chi connectivity index (χ0n) is 17.0. The number of carbonyl (C=O) groups is 1. The molecule has 0 bridgehead atoms. The van der Waals surface area contributed by atoms with Crippen LogP contribution in [0.4, 0.5) is 0 Å². The van der Waals surface area contributed by atoms with Crippen molar-refractivity contribution in [3.8, 4) is 5.75 Å². The molecule has 2 aromatic rings. The third kappa shape index (κ3) is 7.89. The number of likely N-dealkylation sites (N-methyl/N-ethyl adjacent to an activating group) is 1. The van der Waals surface area contributed by atoms with Crippen molar-refractivity contribution in [2.45, 2.75) is 32.4 Å². The first-order valence-corrected chi connectivity index (χ1v) is 9.27. The summed E-state index contributed by atoms with van der Waals surface area (Å²) in [6.45, 7) is 5.05. The quantitative estimate of drug-likeness (QED) is 0.634. The maximum Gasteiger partial charge on any atom is 0.257 e. The monoisotopic (exact) mass is 406 g/mol. The molecule has 2 aromatic carbocycles. The molecule has 0 saturated heterocycles. The molecule has 2 N–H and O–H groups in total. The summed E-state index contributed by atoms with van der Waals surface area (Å²) >= 11 is 0. The number of benzene rings is 2. The number of methoxy groups -OCH3 is 1. The Morgan fingerprint density at radius 2 is 1.86 bits per heavy atom. The van der Waals surface area contributed by atoms with E-state index in [1.54, 1.807) is 14.2 Å². The molecule has 2 rings (SSSR count). The molecule has 0 fully saturated rings. The van der Waals surface area contributed by atoms with Crippen LogP contribution < -0.4 is 15.4 Å². The summed E-state index contributed by atoms with van der Waals surface area (Å²) in [6.07, 6.45) is 0.938. The van der Waals surface area contributed by atoms with Crippen molar-refractivity contribution in [1.29, 1.82) is 0 Å². The van der Waals surface area contributed by atoms with Gasteiger partial charge in [0, 0.05) is 26.7 Å². The first-order valence-electron chi connectivity index (χ1n) is 9.27. The van der Waals surface area contributed by atoms with E-state index in [0.29, 0.717) is 11.8 Å². The van der Waals surface area contributed by atoms with Gasteiger partial charge in [-0.05, 0) is 43.5 Å². The first-order chi connectivity index (χ1) is 13.0. The highest BCUT2D eigenvalue weighted by Gasteiger charge is 2.12. The molecule has 0 radical (unpaired) electrons. The van der Waals surface area contributed by atoms with Crippen molar-refractivity contribution < 1.29 is 14.3 Å². The van der Waals surface area contributed by atoms with E-state index in [0.717, 1.165) is 13.0 Å². The van der Waals surface area contributed by atoms with Gasteiger partial charge >= 0.3 is 0 Å². The zero-order valence-corrected chi connectivity index (χ0v) is 17.8. The minimum absolute atomic E-state index is 0. The van der Waals surface area contributed by atoms with Crippen LogP contribution in [0.25, 0.3) is 0 Å². The summed E-state index contributed by atoms with van der Waals surface area (Å²) in [5, 5.41) is 6.09. The van der Waals surface area contributed by atoms with E-state index in [2.05, 4.69) is 48.7 Å². The molecule has 2 atom stereocenters. The molecule has 0 heterocycles. The average Bonchev–Trinajstić information content (AvgIpc) is 2.67. The van der Waals surface area contributed by atoms with Gasteiger partial charge in [-0.25, -0.2) is 0 Å². The van der Waals surface area contributed by atoms with Crippen molar-refractivity contribution in [1.82, 2.24) is 10.6 Å². The van der Waals surface area contributed by atoms with Crippen molar-refractivity contribution in [2.75, 3.05) is 27.3 Å². The number of halogens is 1. The first kappa shape index (κ1) is 24.0. The van der Waals surface area contributed by atoms with E-state index in [4.69, 9.17) is 9.47 Å². The number of nitrogens with one attached hydrogen (secondary N) is 2. The van der Waals surface area contributed by atoms with Crippen molar-refractivity contribution in [2.24, 2.45) is 0 Å². The smallest absolute Gasteiger partial charge is 0.257 e. The topological polar surface area (TPSA) is 59.6 Å². The Morgan fingerprint density at radius 3 is 2.46 bits per heavy atom. The van der Waals surface area contributed by atoms with Crippen LogP contribution in [0.15, 0.2) is 48.5 Å². The highest BCUT2D eigenvalue weighted by molar-refractivity contribution is 5.85. The third-order valence-electron chi connectivity index (χ3n) is 4.46. The minimum Gasteiger partial charge on any atom is -0.484 e. The number of carbonyl (C=O) groups excluding carboxylic acids is 1. The number of aryl methyl sites for hydroxylation is 1. The van der Waals surface area contributed by atoms with Crippen LogP contribution in [0.2, 0.25) is 0 Å². The highest BCUT2D eigenvalue weighted by Crippen LogP contribution is 2.18. The van der Waals surface area contributed by atoms with E-state index < -0.39 is 0 Å². The van der Waals surface area contributed by atoms with Crippen LogP contribution >= 0.6 is 12.4 Å². The average molecular weight is 407 g/mol. The molecule has 1 amide bonds. The summed E-state index contributed by atoms with van der Waals surface area (Å²) in [7, 11) is 3.34. The summed E-state index contributed by atoms with van der Waals surface area (Å²) in [5.74, 6) is 0.556. The third-order valence-corrected chi connectivity index (χ3v) is 4.46. The van der Waals surface area contributed by atoms with Gasteiger partial charge in [0.2, 0.25) is 0 Å². The van der Waals surface area contributed by atoms with Gasteiger partial charge in [0.05, 0.1) is 6.10 Å². The van der Waals surface area contributed by atoms with Crippen LogP contribution in [0, 0.1) is 6.92 Å². The lowest BCUT2D eigenvalue weighted by Crippen LogP contribution is -2.32. The number of ether oxygens (including phenoxy) is 2. The lowest BCUT2D eigenvalue weighted by molar-refractivity contribution is -0.122. The predicted octanol–water partition coefficient (Wildman–Crippen LogP) is 3.45. The highest BCUT2D eigenvalue weighted by atomic mass is 35.5. The van der Waals surface area contributed by atoms with Gasteiger partial charge in [-0.1, -0.05) is 42.0 Å². The van der Waals surface area contributed by atoms with Gasteiger partial charge in [0.15, 0.2) is 6.61 Å². The molecule has 0 aromatic heterocycles. The van der Waals surface area contributed by atoms with Gasteiger partial charge in [-0.3, -0.25) is 4.79 Å². The number of amides is 1. The fourth-order valence-corrected chi connectivity index (χ4v) is 2.88. The normalized spacial score (nSPS) is 12.6. The Morgan fingerprint density at radius 1 is 1.14 bits per heavy atom. The van der Waals surface area contributed by atoms with Crippen LogP contribution in [0.1, 0.15) is 29.7 Å². The molecule has 0 aliphatic heterocycles. The fourth-order valence-electron chi connectivity index (χ4n) is 2.88. The summed E-state index contributed by atoms with van der Waals surface area (Å²) < 4.78 is 11.1. The number of rotatable bonds is 10. The largest absolute Gasteiger partial charge is 0.484 e. The van der Waals surface area contributed by atoms with Gasteiger partial charge in [0.1, 0.15) is 5.75 Å². The Bertz CT molecular complexity index is 722. The molecule has 0 aliphatic rings. The van der Waals surface area contributed by atoms with Gasteiger partial charge in [0.25, 0.3) is 5.91 Å². The second-order valence-corrected chi connectivity index (χ2v) is 6.76. The molecular weight excluding hydrogens is 376 g/mol. The van der Waals surface area contributed by atoms with E-state index in [1.807, 2.05) is 24.3 Å².